The zero-order valence-corrected chi connectivity index (χ0v) is 8.36. The highest BCUT2D eigenvalue weighted by molar-refractivity contribution is 5.98. The topological polar surface area (TPSA) is 34.0 Å². The third-order valence-electron chi connectivity index (χ3n) is 2.91. The van der Waals surface area contributed by atoms with Gasteiger partial charge in [-0.1, -0.05) is 6.08 Å². The molecule has 1 aromatic rings. The van der Waals surface area contributed by atoms with E-state index in [9.17, 15) is 4.79 Å². The molecule has 0 saturated carbocycles. The molecule has 0 aromatic carbocycles. The number of hydrogen-bond acceptors (Lipinski definition) is 2. The predicted molar refractivity (Wildman–Crippen MR) is 58.4 cm³/mol. The molecule has 0 bridgehead atoms. The minimum absolute atomic E-state index is 0.155. The Balaban J connectivity index is 2.20. The van der Waals surface area contributed by atoms with E-state index in [2.05, 4.69) is 17.5 Å². The Labute approximate surface area is 88.1 Å². The van der Waals surface area contributed by atoms with Gasteiger partial charge < -0.3 is 9.88 Å². The second kappa shape index (κ2) is 3.12. The fourth-order valence-electron chi connectivity index (χ4n) is 2.17. The van der Waals surface area contributed by atoms with Crippen molar-refractivity contribution in [2.45, 2.75) is 12.8 Å². The lowest BCUT2D eigenvalue weighted by atomic mass is 10.1. The first kappa shape index (κ1) is 8.53. The summed E-state index contributed by atoms with van der Waals surface area (Å²) in [5, 5.41) is 3.19. The minimum atomic E-state index is 0.155. The average Bonchev–Trinajstić information content (AvgIpc) is 2.71. The summed E-state index contributed by atoms with van der Waals surface area (Å²) in [4.78, 5) is 11.8. The van der Waals surface area contributed by atoms with E-state index in [1.807, 2.05) is 22.9 Å². The quantitative estimate of drug-likeness (QED) is 0.692. The van der Waals surface area contributed by atoms with Crippen LogP contribution in [0.15, 0.2) is 36.2 Å². The molecule has 0 spiro atoms. The molecule has 2 heterocycles. The second-order valence-corrected chi connectivity index (χ2v) is 3.84. The number of ketones is 1. The fraction of sp³-hybridized carbons (Fsp3) is 0.250. The Morgan fingerprint density at radius 3 is 3.27 bits per heavy atom. The number of carbonyl (C=O) groups is 1. The second-order valence-electron chi connectivity index (χ2n) is 3.84. The molecule has 3 nitrogen and oxygen atoms in total. The summed E-state index contributed by atoms with van der Waals surface area (Å²) < 4.78 is 2.02. The third-order valence-corrected chi connectivity index (χ3v) is 2.91. The molecule has 1 aromatic heterocycles. The maximum Gasteiger partial charge on any atom is 0.198 e. The van der Waals surface area contributed by atoms with Crippen LogP contribution in [0.4, 0.5) is 0 Å². The van der Waals surface area contributed by atoms with Crippen LogP contribution in [0.3, 0.4) is 0 Å². The summed E-state index contributed by atoms with van der Waals surface area (Å²) in [5.74, 6) is 0.155. The van der Waals surface area contributed by atoms with Gasteiger partial charge in [0.1, 0.15) is 0 Å². The lowest BCUT2D eigenvalue weighted by Gasteiger charge is -2.16. The number of carbonyl (C=O) groups excluding carboxylic acids is 1. The zero-order chi connectivity index (χ0) is 10.3. The fourth-order valence-corrected chi connectivity index (χ4v) is 2.17. The first-order valence-corrected chi connectivity index (χ1v) is 5.21. The maximum atomic E-state index is 11.8. The van der Waals surface area contributed by atoms with Crippen molar-refractivity contribution in [1.29, 1.82) is 0 Å². The monoisotopic (exact) mass is 200 g/mol. The van der Waals surface area contributed by atoms with Gasteiger partial charge in [-0.15, -0.1) is 0 Å². The minimum Gasteiger partial charge on any atom is -0.376 e. The van der Waals surface area contributed by atoms with E-state index in [-0.39, 0.29) is 5.78 Å². The summed E-state index contributed by atoms with van der Waals surface area (Å²) in [6.45, 7) is 0.396. The highest BCUT2D eigenvalue weighted by Crippen LogP contribution is 2.25. The number of hydrogen-bond donors (Lipinski definition) is 1. The maximum absolute atomic E-state index is 11.8. The molecule has 1 aliphatic heterocycles. The third kappa shape index (κ3) is 1.23. The van der Waals surface area contributed by atoms with E-state index in [1.54, 1.807) is 0 Å². The molecular weight excluding hydrogens is 188 g/mol. The molecule has 0 atom stereocenters. The van der Waals surface area contributed by atoms with Crippen LogP contribution < -0.4 is 5.32 Å². The first-order chi connectivity index (χ1) is 7.36. The van der Waals surface area contributed by atoms with Gasteiger partial charge in [0.2, 0.25) is 0 Å². The van der Waals surface area contributed by atoms with Gasteiger partial charge in [0, 0.05) is 11.9 Å². The van der Waals surface area contributed by atoms with Crippen molar-refractivity contribution >= 4 is 11.5 Å². The van der Waals surface area contributed by atoms with Crippen LogP contribution in [0.1, 0.15) is 23.3 Å². The Hall–Kier alpha value is -1.77. The van der Waals surface area contributed by atoms with Crippen molar-refractivity contribution < 1.29 is 4.79 Å². The standard InChI is InChI=1S/C12H12N2O/c15-12-8-13-9-4-1-2-5-10(9)14-7-3-6-11(12)14/h1,3-4,6-7,13H,2,5,8H2. The van der Waals surface area contributed by atoms with E-state index in [4.69, 9.17) is 0 Å². The summed E-state index contributed by atoms with van der Waals surface area (Å²) in [5.41, 5.74) is 3.09. The van der Waals surface area contributed by atoms with Gasteiger partial charge in [-0.2, -0.15) is 0 Å². The normalized spacial score (nSPS) is 19.3. The summed E-state index contributed by atoms with van der Waals surface area (Å²) in [6, 6.07) is 3.82. The van der Waals surface area contributed by atoms with Crippen LogP contribution >= 0.6 is 0 Å². The van der Waals surface area contributed by atoms with Gasteiger partial charge >= 0.3 is 0 Å². The number of fused-ring (bicyclic) bond motifs is 2. The van der Waals surface area contributed by atoms with Crippen molar-refractivity contribution in [3.63, 3.8) is 0 Å². The highest BCUT2D eigenvalue weighted by Gasteiger charge is 2.20. The Morgan fingerprint density at radius 1 is 1.40 bits per heavy atom. The van der Waals surface area contributed by atoms with Crippen LogP contribution in [0.2, 0.25) is 0 Å². The van der Waals surface area contributed by atoms with E-state index in [1.165, 1.54) is 5.70 Å². The molecule has 0 radical (unpaired) electrons. The highest BCUT2D eigenvalue weighted by atomic mass is 16.1. The number of aromatic nitrogens is 1. The van der Waals surface area contributed by atoms with Crippen LogP contribution in [-0.4, -0.2) is 16.9 Å². The van der Waals surface area contributed by atoms with Crippen molar-refractivity contribution in [1.82, 2.24) is 9.88 Å². The van der Waals surface area contributed by atoms with Gasteiger partial charge in [0.25, 0.3) is 0 Å². The van der Waals surface area contributed by atoms with Crippen LogP contribution in [0.25, 0.3) is 5.70 Å². The van der Waals surface area contributed by atoms with Crippen molar-refractivity contribution in [2.75, 3.05) is 6.54 Å². The van der Waals surface area contributed by atoms with Crippen LogP contribution in [0, 0.1) is 0 Å². The molecule has 0 fully saturated rings. The molecule has 0 saturated heterocycles. The van der Waals surface area contributed by atoms with Crippen molar-refractivity contribution in [2.24, 2.45) is 0 Å². The number of nitrogens with one attached hydrogen (secondary N) is 1. The molecule has 3 rings (SSSR count). The van der Waals surface area contributed by atoms with Crippen molar-refractivity contribution in [3.05, 3.63) is 41.9 Å². The van der Waals surface area contributed by atoms with Gasteiger partial charge in [0.15, 0.2) is 5.78 Å². The molecule has 15 heavy (non-hydrogen) atoms. The smallest absolute Gasteiger partial charge is 0.198 e. The van der Waals surface area contributed by atoms with E-state index < -0.39 is 0 Å². The SMILES string of the molecule is O=C1CNC2=C(CCC=C2)n2cccc21. The van der Waals surface area contributed by atoms with E-state index >= 15 is 0 Å². The Kier molecular flexibility index (Phi) is 1.78. The van der Waals surface area contributed by atoms with E-state index in [0.29, 0.717) is 6.54 Å². The molecule has 76 valence electrons. The van der Waals surface area contributed by atoms with E-state index in [0.717, 1.165) is 24.2 Å². The van der Waals surface area contributed by atoms with Gasteiger partial charge in [-0.25, -0.2) is 0 Å². The molecule has 2 aliphatic rings. The van der Waals surface area contributed by atoms with Gasteiger partial charge in [0.05, 0.1) is 17.9 Å². The number of Topliss-reactive ketones (excluding diaryl/α,β-unsaturated/α-hetero) is 1. The summed E-state index contributed by atoms with van der Waals surface area (Å²) in [7, 11) is 0. The molecule has 1 N–H and O–H groups in total. The average molecular weight is 200 g/mol. The first-order valence-electron chi connectivity index (χ1n) is 5.21. The molecule has 3 heteroatoms. The Morgan fingerprint density at radius 2 is 2.33 bits per heavy atom. The van der Waals surface area contributed by atoms with Crippen LogP contribution in [0.5, 0.6) is 0 Å². The van der Waals surface area contributed by atoms with Crippen LogP contribution in [-0.2, 0) is 0 Å². The molecular formula is C12H12N2O. The predicted octanol–water partition coefficient (Wildman–Crippen LogP) is 1.79. The van der Waals surface area contributed by atoms with Gasteiger partial charge in [-0.3, -0.25) is 4.79 Å². The number of allylic oxidation sites excluding steroid dienone is 3. The Bertz CT molecular complexity index is 480. The number of nitrogens with zero attached hydrogens (tertiary/aromatic N) is 1. The zero-order valence-electron chi connectivity index (χ0n) is 8.36. The molecule has 1 aliphatic carbocycles. The van der Waals surface area contributed by atoms with Gasteiger partial charge in [-0.05, 0) is 31.1 Å². The lowest BCUT2D eigenvalue weighted by Crippen LogP contribution is -2.20. The molecule has 0 unspecified atom stereocenters. The molecule has 0 amide bonds. The largest absolute Gasteiger partial charge is 0.376 e. The summed E-state index contributed by atoms with van der Waals surface area (Å²) >= 11 is 0. The van der Waals surface area contributed by atoms with Crippen molar-refractivity contribution in [3.8, 4) is 0 Å². The lowest BCUT2D eigenvalue weighted by molar-refractivity contribution is 0.0990. The summed E-state index contributed by atoms with van der Waals surface area (Å²) in [6.07, 6.45) is 8.22. The number of rotatable bonds is 0.